The van der Waals surface area contributed by atoms with Crippen molar-refractivity contribution in [3.05, 3.63) is 0 Å². The molecule has 0 aromatic rings. The van der Waals surface area contributed by atoms with Gasteiger partial charge in [0.15, 0.2) is 5.79 Å². The van der Waals surface area contributed by atoms with E-state index in [0.29, 0.717) is 19.4 Å². The Labute approximate surface area is 258 Å². The van der Waals surface area contributed by atoms with Crippen LogP contribution >= 0.6 is 0 Å². The topological polar surface area (TPSA) is 74.3 Å². The number of unbranched alkanes of at least 4 members (excludes halogenated alkanes) is 14. The van der Waals surface area contributed by atoms with E-state index in [9.17, 15) is 9.59 Å². The lowest BCUT2D eigenvalue weighted by Gasteiger charge is -2.60. The summed E-state index contributed by atoms with van der Waals surface area (Å²) in [6.45, 7) is 14.9. The van der Waals surface area contributed by atoms with Crippen molar-refractivity contribution in [3.63, 3.8) is 0 Å². The second-order valence-corrected chi connectivity index (χ2v) is 13.6. The Morgan fingerprint density at radius 3 is 1.81 bits per heavy atom. The maximum Gasteiger partial charge on any atom is 0.325 e. The molecule has 7 heteroatoms. The SMILES string of the molecule is CCCCCCCCCCCCCCCCCC(=O)ON1C(C)(CC)CC2(OCC(COC(C)=O)O2)C(C)C1(C)CC. The van der Waals surface area contributed by atoms with Crippen molar-refractivity contribution in [2.75, 3.05) is 13.2 Å². The smallest absolute Gasteiger partial charge is 0.325 e. The average molecular weight is 596 g/mol. The molecule has 0 aromatic heterocycles. The molecule has 42 heavy (non-hydrogen) atoms. The molecular formula is C35H65NO6. The second-order valence-electron chi connectivity index (χ2n) is 13.6. The molecule has 2 rings (SSSR count). The average Bonchev–Trinajstić information content (AvgIpc) is 3.38. The number of hydrogen-bond donors (Lipinski definition) is 0. The van der Waals surface area contributed by atoms with Gasteiger partial charge in [-0.05, 0) is 33.1 Å². The van der Waals surface area contributed by atoms with E-state index in [2.05, 4.69) is 41.5 Å². The first-order chi connectivity index (χ1) is 20.1. The Balaban J connectivity index is 1.73. The lowest BCUT2D eigenvalue weighted by atomic mass is 9.67. The highest BCUT2D eigenvalue weighted by Crippen LogP contribution is 2.54. The number of carbonyl (C=O) groups excluding carboxylic acids is 2. The molecule has 5 unspecified atom stereocenters. The van der Waals surface area contributed by atoms with Gasteiger partial charge in [-0.2, -0.15) is 0 Å². The first-order valence-corrected chi connectivity index (χ1v) is 17.5. The third-order valence-corrected chi connectivity index (χ3v) is 10.2. The summed E-state index contributed by atoms with van der Waals surface area (Å²) in [6.07, 6.45) is 21.9. The zero-order valence-electron chi connectivity index (χ0n) is 28.4. The van der Waals surface area contributed by atoms with E-state index in [0.717, 1.165) is 25.7 Å². The molecule has 0 bridgehead atoms. The van der Waals surface area contributed by atoms with Gasteiger partial charge in [-0.3, -0.25) is 9.59 Å². The standard InChI is InChI=1S/C35H65NO6/c1-8-11-12-13-14-15-16-17-18-19-20-21-22-23-24-25-32(38)42-36-33(6,9-2)28-35(29(4)34(36,7)10-3)40-27-31(41-35)26-39-30(5)37/h29,31H,8-28H2,1-7H3. The van der Waals surface area contributed by atoms with Crippen LogP contribution in [0.1, 0.15) is 170 Å². The van der Waals surface area contributed by atoms with Crippen molar-refractivity contribution >= 4 is 11.9 Å². The van der Waals surface area contributed by atoms with Gasteiger partial charge in [0, 0.05) is 25.7 Å². The van der Waals surface area contributed by atoms with Crippen LogP contribution in [0.4, 0.5) is 0 Å². The van der Waals surface area contributed by atoms with E-state index >= 15 is 0 Å². The number of rotatable bonds is 21. The predicted molar refractivity (Wildman–Crippen MR) is 169 cm³/mol. The summed E-state index contributed by atoms with van der Waals surface area (Å²) < 4.78 is 18.1. The number of hydrogen-bond acceptors (Lipinski definition) is 7. The van der Waals surface area contributed by atoms with Crippen molar-refractivity contribution in [2.45, 2.75) is 193 Å². The van der Waals surface area contributed by atoms with Gasteiger partial charge >= 0.3 is 11.9 Å². The molecule has 5 atom stereocenters. The number of hydroxylamine groups is 2. The molecule has 7 nitrogen and oxygen atoms in total. The summed E-state index contributed by atoms with van der Waals surface area (Å²) in [5.41, 5.74) is -0.914. The van der Waals surface area contributed by atoms with Gasteiger partial charge in [-0.1, -0.05) is 118 Å². The molecule has 0 aliphatic carbocycles. The van der Waals surface area contributed by atoms with Crippen LogP contribution in [0.2, 0.25) is 0 Å². The minimum Gasteiger partial charge on any atom is -0.463 e. The lowest BCUT2D eigenvalue weighted by molar-refractivity contribution is -0.355. The van der Waals surface area contributed by atoms with Gasteiger partial charge in [0.05, 0.1) is 17.7 Å². The lowest BCUT2D eigenvalue weighted by Crippen LogP contribution is -2.72. The zero-order valence-corrected chi connectivity index (χ0v) is 28.4. The van der Waals surface area contributed by atoms with Gasteiger partial charge in [-0.25, -0.2) is 0 Å². The van der Waals surface area contributed by atoms with Crippen LogP contribution in [0.25, 0.3) is 0 Å². The minimum atomic E-state index is -0.808. The largest absolute Gasteiger partial charge is 0.463 e. The summed E-state index contributed by atoms with van der Waals surface area (Å²) in [4.78, 5) is 30.6. The van der Waals surface area contributed by atoms with Crippen LogP contribution in [0.5, 0.6) is 0 Å². The Hall–Kier alpha value is -1.18. The number of esters is 1. The third-order valence-electron chi connectivity index (χ3n) is 10.2. The Morgan fingerprint density at radius 1 is 0.810 bits per heavy atom. The molecule has 2 saturated heterocycles. The predicted octanol–water partition coefficient (Wildman–Crippen LogP) is 9.06. The highest BCUT2D eigenvalue weighted by Gasteiger charge is 2.64. The molecule has 0 amide bonds. The summed E-state index contributed by atoms with van der Waals surface area (Å²) in [5, 5.41) is 1.98. The fraction of sp³-hybridized carbons (Fsp3) is 0.943. The van der Waals surface area contributed by atoms with Gasteiger partial charge in [0.1, 0.15) is 12.7 Å². The quantitative estimate of drug-likeness (QED) is 0.0968. The highest BCUT2D eigenvalue weighted by molar-refractivity contribution is 5.69. The second kappa shape index (κ2) is 18.6. The van der Waals surface area contributed by atoms with Gasteiger partial charge in [0.25, 0.3) is 0 Å². The van der Waals surface area contributed by atoms with Crippen molar-refractivity contribution in [1.29, 1.82) is 0 Å². The van der Waals surface area contributed by atoms with Gasteiger partial charge in [-0.15, -0.1) is 5.06 Å². The molecular weight excluding hydrogens is 530 g/mol. The summed E-state index contributed by atoms with van der Waals surface area (Å²) in [5.74, 6) is -1.33. The molecule has 0 aromatic carbocycles. The fourth-order valence-corrected chi connectivity index (χ4v) is 6.94. The fourth-order valence-electron chi connectivity index (χ4n) is 6.94. The van der Waals surface area contributed by atoms with Crippen LogP contribution in [-0.2, 0) is 28.6 Å². The van der Waals surface area contributed by atoms with E-state index in [1.165, 1.54) is 90.4 Å². The highest BCUT2D eigenvalue weighted by atomic mass is 16.8. The van der Waals surface area contributed by atoms with E-state index in [1.54, 1.807) is 0 Å². The summed E-state index contributed by atoms with van der Waals surface area (Å²) in [7, 11) is 0. The van der Waals surface area contributed by atoms with Gasteiger partial charge in [0.2, 0.25) is 0 Å². The van der Waals surface area contributed by atoms with Crippen LogP contribution in [-0.4, -0.2) is 53.2 Å². The van der Waals surface area contributed by atoms with Crippen LogP contribution in [0.3, 0.4) is 0 Å². The van der Waals surface area contributed by atoms with E-state index in [1.807, 2.05) is 5.06 Å². The molecule has 246 valence electrons. The monoisotopic (exact) mass is 595 g/mol. The zero-order chi connectivity index (χ0) is 31.1. The number of carbonyl (C=O) groups is 2. The van der Waals surface area contributed by atoms with Crippen LogP contribution in [0.15, 0.2) is 0 Å². The first-order valence-electron chi connectivity index (χ1n) is 17.5. The number of nitrogens with zero attached hydrogens (tertiary/aromatic N) is 1. The normalized spacial score (nSPS) is 29.7. The van der Waals surface area contributed by atoms with Gasteiger partial charge < -0.3 is 19.0 Å². The van der Waals surface area contributed by atoms with Crippen LogP contribution in [0, 0.1) is 5.92 Å². The molecule has 2 aliphatic heterocycles. The summed E-state index contributed by atoms with van der Waals surface area (Å²) >= 11 is 0. The number of piperidine rings is 1. The van der Waals surface area contributed by atoms with Crippen molar-refractivity contribution in [2.24, 2.45) is 5.92 Å². The molecule has 2 fully saturated rings. The minimum absolute atomic E-state index is 0.0597. The Kier molecular flexibility index (Phi) is 16.4. The van der Waals surface area contributed by atoms with E-state index in [-0.39, 0.29) is 30.6 Å². The number of ether oxygens (including phenoxy) is 3. The summed E-state index contributed by atoms with van der Waals surface area (Å²) in [6, 6.07) is 0. The molecule has 0 radical (unpaired) electrons. The van der Waals surface area contributed by atoms with Crippen LogP contribution < -0.4 is 0 Å². The van der Waals surface area contributed by atoms with Crippen molar-refractivity contribution in [1.82, 2.24) is 5.06 Å². The van der Waals surface area contributed by atoms with Crippen molar-refractivity contribution in [3.8, 4) is 0 Å². The van der Waals surface area contributed by atoms with E-state index in [4.69, 9.17) is 19.0 Å². The molecule has 1 spiro atoms. The van der Waals surface area contributed by atoms with Crippen molar-refractivity contribution < 1.29 is 28.6 Å². The molecule has 0 N–H and O–H groups in total. The maximum absolute atomic E-state index is 13.1. The Morgan fingerprint density at radius 2 is 1.33 bits per heavy atom. The maximum atomic E-state index is 13.1. The molecule has 2 heterocycles. The first kappa shape index (κ1) is 37.0. The van der Waals surface area contributed by atoms with E-state index < -0.39 is 16.9 Å². The molecule has 0 saturated carbocycles. The Bertz CT molecular complexity index is 791. The third kappa shape index (κ3) is 10.8. The molecule has 2 aliphatic rings.